The molecular formula is C13H13F3O3. The molecule has 1 aliphatic carbocycles. The van der Waals surface area contributed by atoms with Gasteiger partial charge in [-0.05, 0) is 43.0 Å². The highest BCUT2D eigenvalue weighted by Gasteiger charge is 2.54. The lowest BCUT2D eigenvalue weighted by Crippen LogP contribution is -2.34. The Balaban J connectivity index is 2.40. The second kappa shape index (κ2) is 4.23. The van der Waals surface area contributed by atoms with Crippen molar-refractivity contribution in [3.05, 3.63) is 34.9 Å². The highest BCUT2D eigenvalue weighted by Crippen LogP contribution is 2.52. The summed E-state index contributed by atoms with van der Waals surface area (Å²) in [6.07, 6.45) is -5.08. The molecule has 3 nitrogen and oxygen atoms in total. The maximum absolute atomic E-state index is 12.6. The first-order valence-corrected chi connectivity index (χ1v) is 5.78. The molecule has 1 saturated carbocycles. The Bertz CT molecular complexity index is 518. The van der Waals surface area contributed by atoms with Crippen LogP contribution in [0.5, 0.6) is 0 Å². The number of hydrogen-bond acceptors (Lipinski definition) is 2. The summed E-state index contributed by atoms with van der Waals surface area (Å²) in [5, 5.41) is 18.6. The lowest BCUT2D eigenvalue weighted by atomic mass is 9.86. The lowest BCUT2D eigenvalue weighted by molar-refractivity contribution is -0.148. The van der Waals surface area contributed by atoms with Gasteiger partial charge in [-0.2, -0.15) is 13.2 Å². The Kier molecular flexibility index (Phi) is 3.09. The molecule has 0 bridgehead atoms. The Morgan fingerprint density at radius 1 is 1.37 bits per heavy atom. The van der Waals surface area contributed by atoms with E-state index in [1.807, 2.05) is 0 Å². The first-order chi connectivity index (χ1) is 8.68. The van der Waals surface area contributed by atoms with Crippen molar-refractivity contribution in [3.63, 3.8) is 0 Å². The van der Waals surface area contributed by atoms with Gasteiger partial charge in [-0.1, -0.05) is 6.07 Å². The summed E-state index contributed by atoms with van der Waals surface area (Å²) >= 11 is 0. The van der Waals surface area contributed by atoms with Crippen molar-refractivity contribution in [1.82, 2.24) is 0 Å². The number of alkyl halides is 3. The van der Waals surface area contributed by atoms with Gasteiger partial charge in [0.15, 0.2) is 6.10 Å². The maximum atomic E-state index is 12.6. The Hall–Kier alpha value is -1.56. The molecule has 6 heteroatoms. The SMILES string of the molecule is Cc1cc(C(F)(F)F)ccc1C1(C(O)C(=O)O)CC1. The molecule has 19 heavy (non-hydrogen) atoms. The zero-order chi connectivity index (χ0) is 14.4. The number of rotatable bonds is 3. The van der Waals surface area contributed by atoms with E-state index in [4.69, 9.17) is 5.11 Å². The number of carboxylic acids is 1. The number of aliphatic hydroxyl groups is 1. The van der Waals surface area contributed by atoms with E-state index in [9.17, 15) is 23.1 Å². The van der Waals surface area contributed by atoms with Crippen molar-refractivity contribution in [2.75, 3.05) is 0 Å². The minimum absolute atomic E-state index is 0.354. The van der Waals surface area contributed by atoms with Crippen LogP contribution in [-0.2, 0) is 16.4 Å². The first-order valence-electron chi connectivity index (χ1n) is 5.78. The molecule has 2 N–H and O–H groups in total. The summed E-state index contributed by atoms with van der Waals surface area (Å²) in [6.45, 7) is 1.50. The third-order valence-corrected chi connectivity index (χ3v) is 3.64. The monoisotopic (exact) mass is 274 g/mol. The molecule has 1 aliphatic rings. The summed E-state index contributed by atoms with van der Waals surface area (Å²) in [7, 11) is 0. The molecule has 1 fully saturated rings. The summed E-state index contributed by atoms with van der Waals surface area (Å²) in [6, 6.07) is 3.19. The number of carboxylic acid groups (broad SMARTS) is 1. The molecule has 2 rings (SSSR count). The van der Waals surface area contributed by atoms with Gasteiger partial charge in [0.2, 0.25) is 0 Å². The molecule has 0 aromatic heterocycles. The number of aliphatic hydroxyl groups excluding tert-OH is 1. The third-order valence-electron chi connectivity index (χ3n) is 3.64. The Labute approximate surface area is 107 Å². The Morgan fingerprint density at radius 2 is 1.95 bits per heavy atom. The molecule has 0 radical (unpaired) electrons. The van der Waals surface area contributed by atoms with Gasteiger partial charge in [-0.25, -0.2) is 4.79 Å². The second-order valence-electron chi connectivity index (χ2n) is 4.92. The van der Waals surface area contributed by atoms with Crippen molar-refractivity contribution < 1.29 is 28.2 Å². The van der Waals surface area contributed by atoms with Crippen LogP contribution >= 0.6 is 0 Å². The number of hydrogen-bond donors (Lipinski definition) is 2. The predicted octanol–water partition coefficient (Wildman–Crippen LogP) is 2.49. The average Bonchev–Trinajstić information content (AvgIpc) is 3.07. The van der Waals surface area contributed by atoms with Gasteiger partial charge >= 0.3 is 12.1 Å². The van der Waals surface area contributed by atoms with Gasteiger partial charge in [0, 0.05) is 5.41 Å². The summed E-state index contributed by atoms with van der Waals surface area (Å²) in [5.41, 5.74) is -0.863. The molecule has 0 spiro atoms. The smallest absolute Gasteiger partial charge is 0.416 e. The topological polar surface area (TPSA) is 57.5 Å². The quantitative estimate of drug-likeness (QED) is 0.890. The van der Waals surface area contributed by atoms with E-state index >= 15 is 0 Å². The van der Waals surface area contributed by atoms with Crippen molar-refractivity contribution in [3.8, 4) is 0 Å². The summed E-state index contributed by atoms with van der Waals surface area (Å²) in [5.74, 6) is -1.35. The fraction of sp³-hybridized carbons (Fsp3) is 0.462. The maximum Gasteiger partial charge on any atom is 0.416 e. The predicted molar refractivity (Wildman–Crippen MR) is 60.7 cm³/mol. The van der Waals surface area contributed by atoms with E-state index in [1.54, 1.807) is 0 Å². The van der Waals surface area contributed by atoms with Crippen LogP contribution in [0.15, 0.2) is 18.2 Å². The zero-order valence-electron chi connectivity index (χ0n) is 10.2. The number of aryl methyl sites for hydroxylation is 1. The van der Waals surface area contributed by atoms with Crippen molar-refractivity contribution >= 4 is 5.97 Å². The van der Waals surface area contributed by atoms with Crippen LogP contribution in [0.1, 0.15) is 29.5 Å². The Morgan fingerprint density at radius 3 is 2.32 bits per heavy atom. The highest BCUT2D eigenvalue weighted by molar-refractivity contribution is 5.76. The molecule has 0 amide bonds. The van der Waals surface area contributed by atoms with Crippen LogP contribution in [0.2, 0.25) is 0 Å². The fourth-order valence-corrected chi connectivity index (χ4v) is 2.46. The van der Waals surface area contributed by atoms with Crippen LogP contribution in [0.4, 0.5) is 13.2 Å². The van der Waals surface area contributed by atoms with Gasteiger partial charge in [-0.3, -0.25) is 0 Å². The third kappa shape index (κ3) is 2.32. The van der Waals surface area contributed by atoms with Gasteiger partial charge in [0.1, 0.15) is 0 Å². The van der Waals surface area contributed by atoms with Crippen LogP contribution in [-0.4, -0.2) is 22.3 Å². The minimum Gasteiger partial charge on any atom is -0.479 e. The molecule has 1 aromatic carbocycles. The molecule has 0 heterocycles. The number of benzene rings is 1. The molecule has 104 valence electrons. The molecule has 1 aromatic rings. The van der Waals surface area contributed by atoms with E-state index < -0.39 is 29.2 Å². The standard InChI is InChI=1S/C13H13F3O3/c1-7-6-8(13(14,15)16)2-3-9(7)12(4-5-12)10(17)11(18)19/h2-3,6,10,17H,4-5H2,1H3,(H,18,19). The van der Waals surface area contributed by atoms with E-state index in [0.717, 1.165) is 12.1 Å². The van der Waals surface area contributed by atoms with Crippen molar-refractivity contribution in [2.24, 2.45) is 0 Å². The van der Waals surface area contributed by atoms with Gasteiger partial charge < -0.3 is 10.2 Å². The van der Waals surface area contributed by atoms with Gasteiger partial charge in [0.25, 0.3) is 0 Å². The average molecular weight is 274 g/mol. The van der Waals surface area contributed by atoms with Crippen LogP contribution in [0.3, 0.4) is 0 Å². The van der Waals surface area contributed by atoms with Gasteiger partial charge in [-0.15, -0.1) is 0 Å². The normalized spacial score (nSPS) is 19.0. The minimum atomic E-state index is -4.43. The largest absolute Gasteiger partial charge is 0.479 e. The first kappa shape index (κ1) is 13.9. The lowest BCUT2D eigenvalue weighted by Gasteiger charge is -2.22. The number of aliphatic carboxylic acids is 1. The number of carbonyl (C=O) groups is 1. The van der Waals surface area contributed by atoms with Crippen LogP contribution in [0, 0.1) is 6.92 Å². The van der Waals surface area contributed by atoms with E-state index in [2.05, 4.69) is 0 Å². The van der Waals surface area contributed by atoms with E-state index in [1.165, 1.54) is 13.0 Å². The van der Waals surface area contributed by atoms with Crippen LogP contribution < -0.4 is 0 Å². The zero-order valence-corrected chi connectivity index (χ0v) is 10.2. The molecule has 0 aliphatic heterocycles. The number of halogens is 3. The molecule has 1 atom stereocenters. The molecular weight excluding hydrogens is 261 g/mol. The molecule has 0 saturated heterocycles. The van der Waals surface area contributed by atoms with Crippen molar-refractivity contribution in [2.45, 2.75) is 37.5 Å². The van der Waals surface area contributed by atoms with Crippen molar-refractivity contribution in [1.29, 1.82) is 0 Å². The van der Waals surface area contributed by atoms with E-state index in [-0.39, 0.29) is 0 Å². The van der Waals surface area contributed by atoms with E-state index in [0.29, 0.717) is 24.0 Å². The molecule has 1 unspecified atom stereocenters. The fourth-order valence-electron chi connectivity index (χ4n) is 2.46. The summed E-state index contributed by atoms with van der Waals surface area (Å²) < 4.78 is 37.7. The van der Waals surface area contributed by atoms with Crippen LogP contribution in [0.25, 0.3) is 0 Å². The second-order valence-corrected chi connectivity index (χ2v) is 4.92. The van der Waals surface area contributed by atoms with Gasteiger partial charge in [0.05, 0.1) is 5.56 Å². The summed E-state index contributed by atoms with van der Waals surface area (Å²) in [4.78, 5) is 10.9. The highest BCUT2D eigenvalue weighted by atomic mass is 19.4.